The minimum atomic E-state index is -0.430. The highest BCUT2D eigenvalue weighted by Crippen LogP contribution is 2.09. The predicted molar refractivity (Wildman–Crippen MR) is 64.4 cm³/mol. The number of carbonyl (C=O) groups excluding carboxylic acids is 1. The summed E-state index contributed by atoms with van der Waals surface area (Å²) >= 11 is 0. The van der Waals surface area contributed by atoms with Crippen LogP contribution in [0.1, 0.15) is 10.4 Å². The van der Waals surface area contributed by atoms with Crippen molar-refractivity contribution in [2.45, 2.75) is 0 Å². The standard InChI is InChI=1S/C13H10N2O2/c14-13(16)8-1-2-12-11(5-8)10-3-4-17-7-9(10)6-15-12/h1-3,5-7H,4H2,(H2,14,16). The average molecular weight is 226 g/mol. The van der Waals surface area contributed by atoms with Gasteiger partial charge in [-0.05, 0) is 29.5 Å². The van der Waals surface area contributed by atoms with Crippen LogP contribution in [-0.4, -0.2) is 17.5 Å². The summed E-state index contributed by atoms with van der Waals surface area (Å²) in [6.07, 6.45) is 5.42. The normalized spacial score (nSPS) is 13.2. The fourth-order valence-electron chi connectivity index (χ4n) is 1.97. The second-order valence-corrected chi connectivity index (χ2v) is 3.88. The smallest absolute Gasteiger partial charge is 0.248 e. The number of primary amides is 1. The molecule has 0 radical (unpaired) electrons. The zero-order chi connectivity index (χ0) is 11.8. The monoisotopic (exact) mass is 226 g/mol. The molecular formula is C13H10N2O2. The maximum Gasteiger partial charge on any atom is 0.248 e. The summed E-state index contributed by atoms with van der Waals surface area (Å²) in [4.78, 5) is 15.5. The molecule has 0 aliphatic carbocycles. The molecule has 1 aliphatic rings. The summed E-state index contributed by atoms with van der Waals surface area (Å²) in [7, 11) is 0. The number of amides is 1. The van der Waals surface area contributed by atoms with Crippen molar-refractivity contribution in [2.75, 3.05) is 6.61 Å². The number of ether oxygens (including phenoxy) is 1. The highest BCUT2D eigenvalue weighted by Gasteiger charge is 2.05. The number of benzene rings is 1. The third-order valence-electron chi connectivity index (χ3n) is 2.82. The molecule has 4 nitrogen and oxygen atoms in total. The summed E-state index contributed by atoms with van der Waals surface area (Å²) in [6.45, 7) is 0.535. The molecular weight excluding hydrogens is 216 g/mol. The number of rotatable bonds is 1. The van der Waals surface area contributed by atoms with E-state index in [4.69, 9.17) is 10.5 Å². The van der Waals surface area contributed by atoms with Crippen LogP contribution in [0.5, 0.6) is 0 Å². The topological polar surface area (TPSA) is 65.2 Å². The van der Waals surface area contributed by atoms with E-state index in [-0.39, 0.29) is 0 Å². The second kappa shape index (κ2) is 3.59. The van der Waals surface area contributed by atoms with Gasteiger partial charge in [0.1, 0.15) is 6.61 Å². The number of nitrogens with two attached hydrogens (primary N) is 1. The minimum Gasteiger partial charge on any atom is -0.496 e. The fourth-order valence-corrected chi connectivity index (χ4v) is 1.97. The first kappa shape index (κ1) is 9.84. The molecule has 1 aliphatic heterocycles. The third-order valence-corrected chi connectivity index (χ3v) is 2.82. The van der Waals surface area contributed by atoms with Gasteiger partial charge in [-0.25, -0.2) is 0 Å². The fraction of sp³-hybridized carbons (Fsp3) is 0.0769. The molecule has 2 N–H and O–H groups in total. The van der Waals surface area contributed by atoms with Gasteiger partial charge in [-0.1, -0.05) is 0 Å². The van der Waals surface area contributed by atoms with E-state index < -0.39 is 5.91 Å². The van der Waals surface area contributed by atoms with Crippen molar-refractivity contribution in [3.63, 3.8) is 0 Å². The Morgan fingerprint density at radius 1 is 1.41 bits per heavy atom. The van der Waals surface area contributed by atoms with E-state index in [9.17, 15) is 4.79 Å². The first-order valence-electron chi connectivity index (χ1n) is 5.26. The number of hydrogen-bond acceptors (Lipinski definition) is 3. The molecule has 0 atom stereocenters. The predicted octanol–water partition coefficient (Wildman–Crippen LogP) is -0.118. The Morgan fingerprint density at radius 2 is 2.29 bits per heavy atom. The first-order valence-corrected chi connectivity index (χ1v) is 5.26. The van der Waals surface area contributed by atoms with Crippen molar-refractivity contribution in [3.8, 4) is 0 Å². The number of aromatic nitrogens is 1. The van der Waals surface area contributed by atoms with Gasteiger partial charge in [0.25, 0.3) is 0 Å². The van der Waals surface area contributed by atoms with Crippen molar-refractivity contribution < 1.29 is 9.53 Å². The van der Waals surface area contributed by atoms with Gasteiger partial charge in [0, 0.05) is 22.4 Å². The maximum atomic E-state index is 11.2. The highest BCUT2D eigenvalue weighted by atomic mass is 16.5. The summed E-state index contributed by atoms with van der Waals surface area (Å²) in [5.41, 5.74) is 6.62. The van der Waals surface area contributed by atoms with Gasteiger partial charge in [0.15, 0.2) is 0 Å². The number of hydrogen-bond donors (Lipinski definition) is 1. The lowest BCUT2D eigenvalue weighted by Gasteiger charge is -2.06. The Balaban J connectivity index is 2.45. The lowest BCUT2D eigenvalue weighted by atomic mass is 10.1. The third kappa shape index (κ3) is 1.54. The van der Waals surface area contributed by atoms with E-state index in [0.29, 0.717) is 12.2 Å². The van der Waals surface area contributed by atoms with Crippen molar-refractivity contribution in [1.29, 1.82) is 0 Å². The van der Waals surface area contributed by atoms with Gasteiger partial charge in [0.05, 0.1) is 11.8 Å². The van der Waals surface area contributed by atoms with Crippen LogP contribution in [-0.2, 0) is 4.74 Å². The molecule has 17 heavy (non-hydrogen) atoms. The Bertz CT molecular complexity index is 735. The molecule has 0 bridgehead atoms. The Kier molecular flexibility index (Phi) is 2.08. The molecule has 84 valence electrons. The molecule has 1 aromatic carbocycles. The van der Waals surface area contributed by atoms with E-state index in [2.05, 4.69) is 4.98 Å². The Morgan fingerprint density at radius 3 is 3.12 bits per heavy atom. The van der Waals surface area contributed by atoms with Gasteiger partial charge in [-0.15, -0.1) is 0 Å². The van der Waals surface area contributed by atoms with Gasteiger partial charge in [-0.3, -0.25) is 9.78 Å². The quantitative estimate of drug-likeness (QED) is 0.737. The van der Waals surface area contributed by atoms with Crippen molar-refractivity contribution in [2.24, 2.45) is 5.73 Å². The molecule has 4 heteroatoms. The van der Waals surface area contributed by atoms with Gasteiger partial charge < -0.3 is 10.5 Å². The van der Waals surface area contributed by atoms with Crippen LogP contribution in [0.2, 0.25) is 0 Å². The van der Waals surface area contributed by atoms with Crippen LogP contribution < -0.4 is 16.2 Å². The molecule has 0 spiro atoms. The molecule has 2 heterocycles. The summed E-state index contributed by atoms with van der Waals surface area (Å²) in [5.74, 6) is -0.430. The lowest BCUT2D eigenvalue weighted by molar-refractivity contribution is 0.100. The Hall–Kier alpha value is -2.36. The van der Waals surface area contributed by atoms with Crippen molar-refractivity contribution >= 4 is 29.1 Å². The number of pyridine rings is 1. The maximum absolute atomic E-state index is 11.2. The van der Waals surface area contributed by atoms with Gasteiger partial charge in [0.2, 0.25) is 5.91 Å². The molecule has 3 rings (SSSR count). The van der Waals surface area contributed by atoms with E-state index >= 15 is 0 Å². The van der Waals surface area contributed by atoms with Crippen LogP contribution in [0.3, 0.4) is 0 Å². The van der Waals surface area contributed by atoms with E-state index in [1.165, 1.54) is 0 Å². The largest absolute Gasteiger partial charge is 0.496 e. The number of nitrogens with zero attached hydrogens (tertiary/aromatic N) is 1. The molecule has 0 saturated carbocycles. The van der Waals surface area contributed by atoms with E-state index in [0.717, 1.165) is 21.3 Å². The van der Waals surface area contributed by atoms with Gasteiger partial charge >= 0.3 is 0 Å². The first-order chi connectivity index (χ1) is 8.25. The molecule has 0 unspecified atom stereocenters. The van der Waals surface area contributed by atoms with Crippen LogP contribution in [0.15, 0.2) is 24.4 Å². The number of carbonyl (C=O) groups is 1. The van der Waals surface area contributed by atoms with Crippen LogP contribution in [0.4, 0.5) is 0 Å². The van der Waals surface area contributed by atoms with Crippen LogP contribution in [0, 0.1) is 0 Å². The second-order valence-electron chi connectivity index (χ2n) is 3.88. The lowest BCUT2D eigenvalue weighted by Crippen LogP contribution is -2.30. The summed E-state index contributed by atoms with van der Waals surface area (Å²) in [5, 5.41) is 2.90. The molecule has 2 aromatic rings. The van der Waals surface area contributed by atoms with E-state index in [1.54, 1.807) is 30.7 Å². The van der Waals surface area contributed by atoms with Crippen LogP contribution in [0.25, 0.3) is 23.2 Å². The molecule has 1 amide bonds. The minimum absolute atomic E-state index is 0.430. The summed E-state index contributed by atoms with van der Waals surface area (Å²) < 4.78 is 5.21. The molecule has 0 fully saturated rings. The SMILES string of the molecule is NC(=O)c1ccc2ncc3c(c2c1)=CCOC=3. The Labute approximate surface area is 97.0 Å². The number of fused-ring (bicyclic) bond motifs is 3. The molecule has 1 aromatic heterocycles. The highest BCUT2D eigenvalue weighted by molar-refractivity contribution is 5.97. The zero-order valence-corrected chi connectivity index (χ0v) is 9.01. The molecule has 0 saturated heterocycles. The van der Waals surface area contributed by atoms with Crippen molar-refractivity contribution in [1.82, 2.24) is 4.98 Å². The van der Waals surface area contributed by atoms with Crippen LogP contribution >= 0.6 is 0 Å². The zero-order valence-electron chi connectivity index (χ0n) is 9.01. The average Bonchev–Trinajstić information content (AvgIpc) is 2.38. The van der Waals surface area contributed by atoms with Crippen molar-refractivity contribution in [3.05, 3.63) is 40.4 Å². The van der Waals surface area contributed by atoms with E-state index in [1.807, 2.05) is 6.08 Å². The summed E-state index contributed by atoms with van der Waals surface area (Å²) in [6, 6.07) is 5.27. The van der Waals surface area contributed by atoms with Gasteiger partial charge in [-0.2, -0.15) is 0 Å².